The number of phenolic OH excluding ortho intramolecular Hbond substituents is 1. The maximum atomic E-state index is 10.8. The molecule has 1 saturated heterocycles. The standard InChI is InChI=1S/C20H23NO6/c1-23-16-5-3-4-13(20(16)24-2)19(21-6-8-25-9-7-21)14-10-17-18(11-15(14)22)27-12-26-17/h3-5,10-11,19,22H,6-9,12H2,1-2H3. The molecule has 0 bridgehead atoms. The Labute approximate surface area is 158 Å². The molecule has 1 N–H and O–H groups in total. The molecule has 2 aromatic carbocycles. The number of benzene rings is 2. The SMILES string of the molecule is COc1cccc(C(c2cc3c(cc2O)OCO3)N2CCOCC2)c1OC. The van der Waals surface area contributed by atoms with Gasteiger partial charge in [-0.25, -0.2) is 0 Å². The van der Waals surface area contributed by atoms with Gasteiger partial charge in [0.15, 0.2) is 23.0 Å². The van der Waals surface area contributed by atoms with Crippen molar-refractivity contribution in [2.75, 3.05) is 47.3 Å². The second-order valence-corrected chi connectivity index (χ2v) is 6.40. The molecule has 0 saturated carbocycles. The molecule has 144 valence electrons. The third-order valence-electron chi connectivity index (χ3n) is 4.96. The molecule has 1 fully saturated rings. The lowest BCUT2D eigenvalue weighted by Gasteiger charge is -2.36. The lowest BCUT2D eigenvalue weighted by molar-refractivity contribution is 0.0231. The summed E-state index contributed by atoms with van der Waals surface area (Å²) < 4.78 is 27.6. The van der Waals surface area contributed by atoms with Crippen LogP contribution in [0.3, 0.4) is 0 Å². The highest BCUT2D eigenvalue weighted by Gasteiger charge is 2.32. The van der Waals surface area contributed by atoms with Crippen molar-refractivity contribution >= 4 is 0 Å². The summed E-state index contributed by atoms with van der Waals surface area (Å²) in [7, 11) is 3.24. The van der Waals surface area contributed by atoms with Gasteiger partial charge < -0.3 is 28.8 Å². The highest BCUT2D eigenvalue weighted by Crippen LogP contribution is 2.46. The van der Waals surface area contributed by atoms with Gasteiger partial charge in [-0.15, -0.1) is 0 Å². The zero-order chi connectivity index (χ0) is 18.8. The summed E-state index contributed by atoms with van der Waals surface area (Å²) in [5.74, 6) is 2.63. The summed E-state index contributed by atoms with van der Waals surface area (Å²) in [5.41, 5.74) is 1.64. The molecule has 1 unspecified atom stereocenters. The Morgan fingerprint density at radius 1 is 1.00 bits per heavy atom. The Morgan fingerprint density at radius 2 is 1.74 bits per heavy atom. The average Bonchev–Trinajstić information content (AvgIpc) is 3.16. The quantitative estimate of drug-likeness (QED) is 0.864. The first-order chi connectivity index (χ1) is 13.2. The fraction of sp³-hybridized carbons (Fsp3) is 0.400. The molecule has 0 aromatic heterocycles. The maximum Gasteiger partial charge on any atom is 0.231 e. The van der Waals surface area contributed by atoms with Gasteiger partial charge in [0.2, 0.25) is 6.79 Å². The molecule has 0 aliphatic carbocycles. The summed E-state index contributed by atoms with van der Waals surface area (Å²) in [6, 6.07) is 8.99. The van der Waals surface area contributed by atoms with Crippen molar-refractivity contribution in [2.24, 2.45) is 0 Å². The van der Waals surface area contributed by atoms with E-state index in [0.717, 1.165) is 24.2 Å². The van der Waals surface area contributed by atoms with Crippen LogP contribution in [-0.2, 0) is 4.74 Å². The van der Waals surface area contributed by atoms with E-state index >= 15 is 0 Å². The van der Waals surface area contributed by atoms with Gasteiger partial charge in [-0.3, -0.25) is 4.90 Å². The zero-order valence-corrected chi connectivity index (χ0v) is 15.4. The van der Waals surface area contributed by atoms with Gasteiger partial charge in [0.05, 0.1) is 33.5 Å². The second kappa shape index (κ2) is 7.54. The molecule has 0 amide bonds. The molecular weight excluding hydrogens is 350 g/mol. The topological polar surface area (TPSA) is 69.6 Å². The van der Waals surface area contributed by atoms with Crippen molar-refractivity contribution in [2.45, 2.75) is 6.04 Å². The fourth-order valence-corrected chi connectivity index (χ4v) is 3.69. The molecule has 2 aromatic rings. The van der Waals surface area contributed by atoms with Crippen molar-refractivity contribution in [1.82, 2.24) is 4.90 Å². The van der Waals surface area contributed by atoms with E-state index in [1.54, 1.807) is 20.3 Å². The number of phenols is 1. The Kier molecular flexibility index (Phi) is 4.96. The summed E-state index contributed by atoms with van der Waals surface area (Å²) in [6.07, 6.45) is 0. The number of fused-ring (bicyclic) bond motifs is 1. The van der Waals surface area contributed by atoms with Crippen LogP contribution in [0, 0.1) is 0 Å². The van der Waals surface area contributed by atoms with Gasteiger partial charge in [0.1, 0.15) is 5.75 Å². The zero-order valence-electron chi connectivity index (χ0n) is 15.4. The van der Waals surface area contributed by atoms with E-state index in [9.17, 15) is 5.11 Å². The van der Waals surface area contributed by atoms with Crippen LogP contribution in [0.1, 0.15) is 17.2 Å². The van der Waals surface area contributed by atoms with Crippen LogP contribution in [0.2, 0.25) is 0 Å². The summed E-state index contributed by atoms with van der Waals surface area (Å²) in [4.78, 5) is 2.26. The third-order valence-corrected chi connectivity index (χ3v) is 4.96. The van der Waals surface area contributed by atoms with Gasteiger partial charge in [0, 0.05) is 30.3 Å². The summed E-state index contributed by atoms with van der Waals surface area (Å²) in [6.45, 7) is 2.89. The predicted molar refractivity (Wildman–Crippen MR) is 98.0 cm³/mol. The number of nitrogens with zero attached hydrogens (tertiary/aromatic N) is 1. The number of hydrogen-bond acceptors (Lipinski definition) is 7. The molecule has 0 radical (unpaired) electrons. The molecule has 7 heteroatoms. The number of aromatic hydroxyl groups is 1. The Balaban J connectivity index is 1.86. The molecule has 1 atom stereocenters. The van der Waals surface area contributed by atoms with E-state index < -0.39 is 0 Å². The van der Waals surface area contributed by atoms with Gasteiger partial charge >= 0.3 is 0 Å². The van der Waals surface area contributed by atoms with E-state index in [1.165, 1.54) is 0 Å². The van der Waals surface area contributed by atoms with Gasteiger partial charge in [-0.05, 0) is 12.1 Å². The van der Waals surface area contributed by atoms with E-state index in [4.69, 9.17) is 23.7 Å². The highest BCUT2D eigenvalue weighted by atomic mass is 16.7. The van der Waals surface area contributed by atoms with Gasteiger partial charge in [-0.2, -0.15) is 0 Å². The van der Waals surface area contributed by atoms with Crippen LogP contribution >= 0.6 is 0 Å². The van der Waals surface area contributed by atoms with Gasteiger partial charge in [0.25, 0.3) is 0 Å². The number of para-hydroxylation sites is 1. The number of hydrogen-bond donors (Lipinski definition) is 1. The minimum Gasteiger partial charge on any atom is -0.507 e. The van der Waals surface area contributed by atoms with Gasteiger partial charge in [-0.1, -0.05) is 12.1 Å². The molecule has 2 heterocycles. The Morgan fingerprint density at radius 3 is 2.44 bits per heavy atom. The molecule has 7 nitrogen and oxygen atoms in total. The molecule has 2 aliphatic heterocycles. The van der Waals surface area contributed by atoms with E-state index in [-0.39, 0.29) is 18.6 Å². The van der Waals surface area contributed by atoms with Crippen LogP contribution in [0.5, 0.6) is 28.7 Å². The van der Waals surface area contributed by atoms with Crippen molar-refractivity contribution in [3.63, 3.8) is 0 Å². The molecule has 0 spiro atoms. The first-order valence-corrected chi connectivity index (χ1v) is 8.88. The van der Waals surface area contributed by atoms with Crippen molar-refractivity contribution in [3.8, 4) is 28.7 Å². The summed E-state index contributed by atoms with van der Waals surface area (Å²) in [5, 5.41) is 10.8. The van der Waals surface area contributed by atoms with Crippen LogP contribution in [0.15, 0.2) is 30.3 Å². The third kappa shape index (κ3) is 3.24. The number of morpholine rings is 1. The lowest BCUT2D eigenvalue weighted by Crippen LogP contribution is -2.39. The number of rotatable bonds is 5. The van der Waals surface area contributed by atoms with Crippen molar-refractivity contribution < 1.29 is 28.8 Å². The minimum absolute atomic E-state index is 0.153. The number of ether oxygens (including phenoxy) is 5. The molecular formula is C20H23NO6. The molecule has 27 heavy (non-hydrogen) atoms. The van der Waals surface area contributed by atoms with E-state index in [2.05, 4.69) is 4.90 Å². The molecule has 4 rings (SSSR count). The average molecular weight is 373 g/mol. The first kappa shape index (κ1) is 17.8. The van der Waals surface area contributed by atoms with Crippen molar-refractivity contribution in [3.05, 3.63) is 41.5 Å². The largest absolute Gasteiger partial charge is 0.507 e. The van der Waals surface area contributed by atoms with Crippen LogP contribution < -0.4 is 18.9 Å². The Bertz CT molecular complexity index is 818. The van der Waals surface area contributed by atoms with E-state index in [1.807, 2.05) is 24.3 Å². The summed E-state index contributed by atoms with van der Waals surface area (Å²) >= 11 is 0. The maximum absolute atomic E-state index is 10.8. The second-order valence-electron chi connectivity index (χ2n) is 6.40. The fourth-order valence-electron chi connectivity index (χ4n) is 3.69. The Hall–Kier alpha value is -2.64. The van der Waals surface area contributed by atoms with Crippen LogP contribution in [0.25, 0.3) is 0 Å². The first-order valence-electron chi connectivity index (χ1n) is 8.88. The predicted octanol–water partition coefficient (Wildman–Crippen LogP) is 2.56. The minimum atomic E-state index is -0.242. The van der Waals surface area contributed by atoms with E-state index in [0.29, 0.717) is 36.2 Å². The lowest BCUT2D eigenvalue weighted by atomic mass is 9.94. The highest BCUT2D eigenvalue weighted by molar-refractivity contribution is 5.57. The van der Waals surface area contributed by atoms with Crippen LogP contribution in [0.4, 0.5) is 0 Å². The number of methoxy groups -OCH3 is 2. The van der Waals surface area contributed by atoms with Crippen molar-refractivity contribution in [1.29, 1.82) is 0 Å². The smallest absolute Gasteiger partial charge is 0.231 e. The van der Waals surface area contributed by atoms with Crippen LogP contribution in [-0.4, -0.2) is 57.3 Å². The monoisotopic (exact) mass is 373 g/mol. The normalized spacial score (nSPS) is 17.6. The molecule has 2 aliphatic rings.